The Balaban J connectivity index is 0.00000150. The van der Waals surface area contributed by atoms with Crippen molar-refractivity contribution in [2.75, 3.05) is 33.3 Å². The van der Waals surface area contributed by atoms with Crippen LogP contribution in [0.1, 0.15) is 22.7 Å². The highest BCUT2D eigenvalue weighted by atomic mass is 79.9. The van der Waals surface area contributed by atoms with Gasteiger partial charge in [-0.1, -0.05) is 37.9 Å². The fourth-order valence-electron chi connectivity index (χ4n) is 4.13. The standard InChI is InChI=1S/C21H24Br2N2O2.2ClH/c1-26-18-3-2-15-10-20(27-13-14-8-16(22)11-17(23)9-14)21(19(15)12-18)25-6-4-24-5-7-25;;/h2-3,8-9,11-12,20-21,24H,4-7,10,13H2,1H3;2*1H/t20-,21-;;/m1../s1. The fraction of sp³-hybridized carbons (Fsp3) is 0.429. The predicted octanol–water partition coefficient (Wildman–Crippen LogP) is 5.15. The van der Waals surface area contributed by atoms with Gasteiger partial charge in [0.05, 0.1) is 25.9 Å². The van der Waals surface area contributed by atoms with Gasteiger partial charge in [0.2, 0.25) is 0 Å². The molecule has 0 unspecified atom stereocenters. The van der Waals surface area contributed by atoms with Crippen LogP contribution in [-0.4, -0.2) is 44.3 Å². The minimum absolute atomic E-state index is 0. The number of piperazine rings is 1. The van der Waals surface area contributed by atoms with E-state index in [1.165, 1.54) is 16.7 Å². The second-order valence-electron chi connectivity index (χ2n) is 7.13. The van der Waals surface area contributed by atoms with Crippen LogP contribution in [0.3, 0.4) is 0 Å². The lowest BCUT2D eigenvalue weighted by Gasteiger charge is -2.36. The van der Waals surface area contributed by atoms with Crippen LogP contribution >= 0.6 is 56.7 Å². The molecule has 1 fully saturated rings. The first-order valence-corrected chi connectivity index (χ1v) is 10.9. The van der Waals surface area contributed by atoms with Crippen molar-refractivity contribution in [3.8, 4) is 5.75 Å². The third-order valence-electron chi connectivity index (χ3n) is 5.38. The number of benzene rings is 2. The Morgan fingerprint density at radius 1 is 1.03 bits per heavy atom. The van der Waals surface area contributed by atoms with E-state index < -0.39 is 0 Å². The topological polar surface area (TPSA) is 33.7 Å². The lowest BCUT2D eigenvalue weighted by atomic mass is 10.0. The van der Waals surface area contributed by atoms with Crippen molar-refractivity contribution < 1.29 is 9.47 Å². The SMILES string of the molecule is COc1ccc2c(c1)[C@@H](N1CCNCC1)[C@H](OCc1cc(Br)cc(Br)c1)C2.Cl.Cl. The summed E-state index contributed by atoms with van der Waals surface area (Å²) in [6, 6.07) is 13.0. The summed E-state index contributed by atoms with van der Waals surface area (Å²) in [6.07, 6.45) is 1.10. The molecule has 2 aromatic rings. The van der Waals surface area contributed by atoms with Crippen molar-refractivity contribution in [1.82, 2.24) is 10.2 Å². The normalized spacial score (nSPS) is 21.1. The molecule has 0 spiro atoms. The number of nitrogens with one attached hydrogen (secondary N) is 1. The number of nitrogens with zero attached hydrogens (tertiary/aromatic N) is 1. The first-order chi connectivity index (χ1) is 13.1. The molecule has 8 heteroatoms. The zero-order valence-corrected chi connectivity index (χ0v) is 21.0. The van der Waals surface area contributed by atoms with Crippen molar-refractivity contribution in [1.29, 1.82) is 0 Å². The molecule has 0 bridgehead atoms. The van der Waals surface area contributed by atoms with Gasteiger partial charge in [0, 0.05) is 41.5 Å². The third-order valence-corrected chi connectivity index (χ3v) is 6.29. The molecule has 4 nitrogen and oxygen atoms in total. The van der Waals surface area contributed by atoms with Crippen LogP contribution in [0.5, 0.6) is 5.75 Å². The molecule has 0 radical (unpaired) electrons. The number of ether oxygens (including phenoxy) is 2. The molecular formula is C21H26Br2Cl2N2O2. The van der Waals surface area contributed by atoms with E-state index in [0.29, 0.717) is 6.61 Å². The molecule has 2 aliphatic rings. The highest BCUT2D eigenvalue weighted by Gasteiger charge is 2.38. The monoisotopic (exact) mass is 566 g/mol. The minimum Gasteiger partial charge on any atom is -0.497 e. The fourth-order valence-corrected chi connectivity index (χ4v) is 5.52. The van der Waals surface area contributed by atoms with Crippen LogP contribution < -0.4 is 10.1 Å². The maximum absolute atomic E-state index is 6.48. The number of methoxy groups -OCH3 is 1. The Kier molecular flexibility index (Phi) is 9.74. The molecule has 1 N–H and O–H groups in total. The van der Waals surface area contributed by atoms with E-state index in [1.807, 2.05) is 6.07 Å². The van der Waals surface area contributed by atoms with Crippen molar-refractivity contribution in [2.24, 2.45) is 0 Å². The van der Waals surface area contributed by atoms with Crippen LogP contribution in [0.15, 0.2) is 45.3 Å². The van der Waals surface area contributed by atoms with Crippen LogP contribution in [0.4, 0.5) is 0 Å². The highest BCUT2D eigenvalue weighted by Crippen LogP contribution is 2.40. The number of rotatable bonds is 5. The summed E-state index contributed by atoms with van der Waals surface area (Å²) in [5.74, 6) is 0.922. The Bertz CT molecular complexity index is 799. The first kappa shape index (κ1) is 24.9. The van der Waals surface area contributed by atoms with Gasteiger partial charge < -0.3 is 14.8 Å². The third kappa shape index (κ3) is 5.88. The van der Waals surface area contributed by atoms with Crippen LogP contribution in [0.2, 0.25) is 0 Å². The summed E-state index contributed by atoms with van der Waals surface area (Å²) in [5, 5.41) is 3.45. The Hall–Kier alpha value is -0.340. The van der Waals surface area contributed by atoms with Gasteiger partial charge in [-0.25, -0.2) is 0 Å². The smallest absolute Gasteiger partial charge is 0.119 e. The first-order valence-electron chi connectivity index (χ1n) is 9.32. The molecule has 1 aliphatic carbocycles. The van der Waals surface area contributed by atoms with Crippen LogP contribution in [-0.2, 0) is 17.8 Å². The number of hydrogen-bond acceptors (Lipinski definition) is 4. The largest absolute Gasteiger partial charge is 0.497 e. The van der Waals surface area contributed by atoms with Gasteiger partial charge in [-0.05, 0) is 47.0 Å². The lowest BCUT2D eigenvalue weighted by Crippen LogP contribution is -2.47. The van der Waals surface area contributed by atoms with E-state index >= 15 is 0 Å². The van der Waals surface area contributed by atoms with Gasteiger partial charge in [-0.15, -0.1) is 24.8 Å². The maximum Gasteiger partial charge on any atom is 0.119 e. The number of halogens is 4. The zero-order valence-electron chi connectivity index (χ0n) is 16.2. The lowest BCUT2D eigenvalue weighted by molar-refractivity contribution is -0.0188. The zero-order chi connectivity index (χ0) is 18.8. The number of fused-ring (bicyclic) bond motifs is 1. The molecule has 2 aromatic carbocycles. The predicted molar refractivity (Wildman–Crippen MR) is 129 cm³/mol. The van der Waals surface area contributed by atoms with Gasteiger partial charge in [0.25, 0.3) is 0 Å². The molecule has 0 amide bonds. The average Bonchev–Trinajstić information content (AvgIpc) is 3.03. The molecule has 4 rings (SSSR count). The van der Waals surface area contributed by atoms with E-state index in [4.69, 9.17) is 9.47 Å². The van der Waals surface area contributed by atoms with Gasteiger partial charge in [-0.2, -0.15) is 0 Å². The molecular weight excluding hydrogens is 543 g/mol. The average molecular weight is 569 g/mol. The van der Waals surface area contributed by atoms with Crippen molar-refractivity contribution >= 4 is 56.7 Å². The van der Waals surface area contributed by atoms with Gasteiger partial charge in [0.1, 0.15) is 5.75 Å². The molecule has 0 aromatic heterocycles. The van der Waals surface area contributed by atoms with Crippen molar-refractivity contribution in [3.63, 3.8) is 0 Å². The minimum atomic E-state index is 0. The van der Waals surface area contributed by atoms with Gasteiger partial charge in [0.15, 0.2) is 0 Å². The molecule has 1 aliphatic heterocycles. The number of hydrogen-bond donors (Lipinski definition) is 1. The summed E-state index contributed by atoms with van der Waals surface area (Å²) in [5.41, 5.74) is 3.90. The van der Waals surface area contributed by atoms with Crippen LogP contribution in [0, 0.1) is 0 Å². The summed E-state index contributed by atoms with van der Waals surface area (Å²) in [4.78, 5) is 2.56. The molecule has 160 valence electrons. The van der Waals surface area contributed by atoms with E-state index in [9.17, 15) is 0 Å². The molecule has 2 atom stereocenters. The van der Waals surface area contributed by atoms with Crippen molar-refractivity contribution in [2.45, 2.75) is 25.2 Å². The van der Waals surface area contributed by atoms with Crippen molar-refractivity contribution in [3.05, 3.63) is 62.0 Å². The Morgan fingerprint density at radius 2 is 1.72 bits per heavy atom. The van der Waals surface area contributed by atoms with E-state index in [-0.39, 0.29) is 37.0 Å². The van der Waals surface area contributed by atoms with E-state index in [0.717, 1.165) is 47.3 Å². The summed E-state index contributed by atoms with van der Waals surface area (Å²) < 4.78 is 14.1. The molecule has 1 heterocycles. The second kappa shape index (κ2) is 11.3. The van der Waals surface area contributed by atoms with Crippen LogP contribution in [0.25, 0.3) is 0 Å². The van der Waals surface area contributed by atoms with Gasteiger partial charge in [-0.3, -0.25) is 4.90 Å². The van der Waals surface area contributed by atoms with E-state index in [2.05, 4.69) is 72.4 Å². The highest BCUT2D eigenvalue weighted by molar-refractivity contribution is 9.11. The maximum atomic E-state index is 6.48. The van der Waals surface area contributed by atoms with Gasteiger partial charge >= 0.3 is 0 Å². The van der Waals surface area contributed by atoms with E-state index in [1.54, 1.807) is 7.11 Å². The Labute approximate surface area is 201 Å². The molecule has 0 saturated carbocycles. The molecule has 1 saturated heterocycles. The Morgan fingerprint density at radius 3 is 2.38 bits per heavy atom. The quantitative estimate of drug-likeness (QED) is 0.541. The summed E-state index contributed by atoms with van der Waals surface area (Å²) >= 11 is 7.13. The second-order valence-corrected chi connectivity index (χ2v) is 8.96. The summed E-state index contributed by atoms with van der Waals surface area (Å²) in [7, 11) is 1.73. The summed E-state index contributed by atoms with van der Waals surface area (Å²) in [6.45, 7) is 4.76. The molecule has 29 heavy (non-hydrogen) atoms.